The van der Waals surface area contributed by atoms with Gasteiger partial charge in [0.25, 0.3) is 5.91 Å². The van der Waals surface area contributed by atoms with Crippen LogP contribution in [0.25, 0.3) is 0 Å². The van der Waals surface area contributed by atoms with Crippen molar-refractivity contribution >= 4 is 11.9 Å². The number of hydrogen-bond acceptors (Lipinski definition) is 3. The lowest BCUT2D eigenvalue weighted by atomic mass is 10.1. The lowest BCUT2D eigenvalue weighted by molar-refractivity contribution is -0.141. The first-order chi connectivity index (χ1) is 9.99. The summed E-state index contributed by atoms with van der Waals surface area (Å²) in [5.41, 5.74) is 1.84. The summed E-state index contributed by atoms with van der Waals surface area (Å²) in [5, 5.41) is 15.8. The molecule has 110 valence electrons. The number of nitrogens with zero attached hydrogens (tertiary/aromatic N) is 2. The van der Waals surface area contributed by atoms with Gasteiger partial charge in [0.05, 0.1) is 0 Å². The SMILES string of the molecule is Cc1cc(C(=O)N(Cc2ccccc2)C(C)C(=O)O)n[nH]1. The second-order valence-corrected chi connectivity index (χ2v) is 4.87. The molecule has 0 aliphatic carbocycles. The number of aromatic nitrogens is 2. The van der Waals surface area contributed by atoms with Crippen LogP contribution >= 0.6 is 0 Å². The summed E-state index contributed by atoms with van der Waals surface area (Å²) in [4.78, 5) is 25.0. The van der Waals surface area contributed by atoms with E-state index in [2.05, 4.69) is 10.2 Å². The van der Waals surface area contributed by atoms with Crippen LogP contribution in [0.4, 0.5) is 0 Å². The summed E-state index contributed by atoms with van der Waals surface area (Å²) >= 11 is 0. The Morgan fingerprint density at radius 1 is 1.33 bits per heavy atom. The number of amides is 1. The molecule has 0 radical (unpaired) electrons. The maximum Gasteiger partial charge on any atom is 0.326 e. The van der Waals surface area contributed by atoms with E-state index in [1.807, 2.05) is 30.3 Å². The fraction of sp³-hybridized carbons (Fsp3) is 0.267. The lowest BCUT2D eigenvalue weighted by Gasteiger charge is -2.25. The number of aryl methyl sites for hydroxylation is 1. The third kappa shape index (κ3) is 3.47. The van der Waals surface area contributed by atoms with Crippen LogP contribution in [0, 0.1) is 6.92 Å². The number of carbonyl (C=O) groups is 2. The highest BCUT2D eigenvalue weighted by atomic mass is 16.4. The molecular formula is C15H17N3O3. The van der Waals surface area contributed by atoms with Gasteiger partial charge >= 0.3 is 5.97 Å². The second kappa shape index (κ2) is 6.21. The van der Waals surface area contributed by atoms with Crippen LogP contribution in [0.2, 0.25) is 0 Å². The summed E-state index contributed by atoms with van der Waals surface area (Å²) < 4.78 is 0. The van der Waals surface area contributed by atoms with Crippen molar-refractivity contribution in [2.45, 2.75) is 26.4 Å². The molecule has 1 aromatic carbocycles. The molecule has 1 unspecified atom stereocenters. The normalized spacial score (nSPS) is 11.9. The van der Waals surface area contributed by atoms with Gasteiger partial charge in [-0.15, -0.1) is 0 Å². The zero-order valence-electron chi connectivity index (χ0n) is 11.9. The van der Waals surface area contributed by atoms with Gasteiger partial charge in [-0.3, -0.25) is 9.89 Å². The van der Waals surface area contributed by atoms with Crippen molar-refractivity contribution in [2.75, 3.05) is 0 Å². The third-order valence-corrected chi connectivity index (χ3v) is 3.21. The summed E-state index contributed by atoms with van der Waals surface area (Å²) in [7, 11) is 0. The molecule has 21 heavy (non-hydrogen) atoms. The molecule has 0 aliphatic rings. The number of H-pyrrole nitrogens is 1. The molecule has 0 aliphatic heterocycles. The molecule has 0 fully saturated rings. The molecule has 2 N–H and O–H groups in total. The first-order valence-electron chi connectivity index (χ1n) is 6.58. The number of hydrogen-bond donors (Lipinski definition) is 2. The van der Waals surface area contributed by atoms with Crippen LogP contribution in [-0.4, -0.2) is 38.1 Å². The Morgan fingerprint density at radius 2 is 2.00 bits per heavy atom. The van der Waals surface area contributed by atoms with E-state index < -0.39 is 17.9 Å². The highest BCUT2D eigenvalue weighted by molar-refractivity contribution is 5.95. The Morgan fingerprint density at radius 3 is 2.52 bits per heavy atom. The third-order valence-electron chi connectivity index (χ3n) is 3.21. The first kappa shape index (κ1) is 14.8. The number of aromatic amines is 1. The minimum absolute atomic E-state index is 0.219. The fourth-order valence-corrected chi connectivity index (χ4v) is 1.97. The zero-order chi connectivity index (χ0) is 15.4. The van der Waals surface area contributed by atoms with Crippen LogP contribution in [0.1, 0.15) is 28.7 Å². The largest absolute Gasteiger partial charge is 0.480 e. The fourth-order valence-electron chi connectivity index (χ4n) is 1.97. The van der Waals surface area contributed by atoms with Gasteiger partial charge in [0.2, 0.25) is 0 Å². The maximum absolute atomic E-state index is 12.5. The predicted molar refractivity (Wildman–Crippen MR) is 76.7 cm³/mol. The Kier molecular flexibility index (Phi) is 4.37. The van der Waals surface area contributed by atoms with E-state index in [9.17, 15) is 14.7 Å². The lowest BCUT2D eigenvalue weighted by Crippen LogP contribution is -2.42. The number of rotatable bonds is 5. The number of carboxylic acids is 1. The van der Waals surface area contributed by atoms with Crippen molar-refractivity contribution in [2.24, 2.45) is 0 Å². The summed E-state index contributed by atoms with van der Waals surface area (Å²) in [6.45, 7) is 3.49. The topological polar surface area (TPSA) is 86.3 Å². The minimum atomic E-state index is -1.05. The van der Waals surface area contributed by atoms with E-state index in [4.69, 9.17) is 0 Å². The monoisotopic (exact) mass is 287 g/mol. The molecular weight excluding hydrogens is 270 g/mol. The van der Waals surface area contributed by atoms with Gasteiger partial charge in [0.1, 0.15) is 11.7 Å². The molecule has 0 spiro atoms. The number of benzene rings is 1. The van der Waals surface area contributed by atoms with E-state index in [0.717, 1.165) is 11.3 Å². The van der Waals surface area contributed by atoms with Gasteiger partial charge in [0.15, 0.2) is 0 Å². The van der Waals surface area contributed by atoms with Crippen LogP contribution in [0.3, 0.4) is 0 Å². The van der Waals surface area contributed by atoms with Gasteiger partial charge in [-0.05, 0) is 25.5 Å². The van der Waals surface area contributed by atoms with E-state index >= 15 is 0 Å². The smallest absolute Gasteiger partial charge is 0.326 e. The van der Waals surface area contributed by atoms with Crippen molar-refractivity contribution in [3.05, 3.63) is 53.3 Å². The first-order valence-corrected chi connectivity index (χ1v) is 6.58. The molecule has 1 atom stereocenters. The number of carbonyl (C=O) groups excluding carboxylic acids is 1. The predicted octanol–water partition coefficient (Wildman–Crippen LogP) is 1.83. The Balaban J connectivity index is 2.27. The highest BCUT2D eigenvalue weighted by Gasteiger charge is 2.27. The van der Waals surface area contributed by atoms with E-state index in [0.29, 0.717) is 0 Å². The molecule has 2 rings (SSSR count). The molecule has 1 aromatic heterocycles. The quantitative estimate of drug-likeness (QED) is 0.878. The van der Waals surface area contributed by atoms with Gasteiger partial charge in [-0.1, -0.05) is 30.3 Å². The van der Waals surface area contributed by atoms with Crippen molar-refractivity contribution in [1.82, 2.24) is 15.1 Å². The van der Waals surface area contributed by atoms with E-state index in [-0.39, 0.29) is 12.2 Å². The van der Waals surface area contributed by atoms with E-state index in [1.165, 1.54) is 11.8 Å². The number of aliphatic carboxylic acids is 1. The van der Waals surface area contributed by atoms with Crippen molar-refractivity contribution in [1.29, 1.82) is 0 Å². The number of carboxylic acid groups (broad SMARTS) is 1. The van der Waals surface area contributed by atoms with Crippen molar-refractivity contribution < 1.29 is 14.7 Å². The Hall–Kier alpha value is -2.63. The van der Waals surface area contributed by atoms with Gasteiger partial charge in [-0.25, -0.2) is 4.79 Å². The van der Waals surface area contributed by atoms with Crippen molar-refractivity contribution in [3.8, 4) is 0 Å². The Labute approximate surface area is 122 Å². The molecule has 2 aromatic rings. The van der Waals surface area contributed by atoms with Crippen LogP contribution in [-0.2, 0) is 11.3 Å². The van der Waals surface area contributed by atoms with Gasteiger partial charge in [-0.2, -0.15) is 5.10 Å². The molecule has 6 nitrogen and oxygen atoms in total. The molecule has 6 heteroatoms. The summed E-state index contributed by atoms with van der Waals surface area (Å²) in [5.74, 6) is -1.45. The van der Waals surface area contributed by atoms with Crippen LogP contribution in [0.15, 0.2) is 36.4 Å². The van der Waals surface area contributed by atoms with E-state index in [1.54, 1.807) is 13.0 Å². The highest BCUT2D eigenvalue weighted by Crippen LogP contribution is 2.13. The second-order valence-electron chi connectivity index (χ2n) is 4.87. The average molecular weight is 287 g/mol. The van der Waals surface area contributed by atoms with Crippen LogP contribution < -0.4 is 0 Å². The zero-order valence-corrected chi connectivity index (χ0v) is 11.9. The summed E-state index contributed by atoms with van der Waals surface area (Å²) in [6, 6.07) is 9.94. The summed E-state index contributed by atoms with van der Waals surface area (Å²) in [6.07, 6.45) is 0. The standard InChI is InChI=1S/C15H17N3O3/c1-10-8-13(17-16-10)14(19)18(11(2)15(20)21)9-12-6-4-3-5-7-12/h3-8,11H,9H2,1-2H3,(H,16,17)(H,20,21). The van der Waals surface area contributed by atoms with Gasteiger partial charge in [0, 0.05) is 12.2 Å². The Bertz CT molecular complexity index is 637. The van der Waals surface area contributed by atoms with Gasteiger partial charge < -0.3 is 10.0 Å². The molecule has 0 bridgehead atoms. The number of nitrogens with one attached hydrogen (secondary N) is 1. The van der Waals surface area contributed by atoms with Crippen LogP contribution in [0.5, 0.6) is 0 Å². The average Bonchev–Trinajstić information content (AvgIpc) is 2.91. The molecule has 1 amide bonds. The van der Waals surface area contributed by atoms with Crippen molar-refractivity contribution in [3.63, 3.8) is 0 Å². The maximum atomic E-state index is 12.5. The molecule has 0 saturated carbocycles. The minimum Gasteiger partial charge on any atom is -0.480 e. The molecule has 1 heterocycles. The molecule has 0 saturated heterocycles.